The number of nitrogens with zero attached hydrogens (tertiary/aromatic N) is 2. The van der Waals surface area contributed by atoms with E-state index in [2.05, 4.69) is 17.3 Å². The molecule has 1 heterocycles. The van der Waals surface area contributed by atoms with Gasteiger partial charge in [0.15, 0.2) is 5.75 Å². The van der Waals surface area contributed by atoms with Crippen LogP contribution in [-0.4, -0.2) is 15.9 Å². The van der Waals surface area contributed by atoms with Crippen LogP contribution in [0.1, 0.15) is 43.4 Å². The van der Waals surface area contributed by atoms with Gasteiger partial charge in [0.25, 0.3) is 0 Å². The first kappa shape index (κ1) is 17.9. The van der Waals surface area contributed by atoms with Crippen molar-refractivity contribution < 1.29 is 22.7 Å². The lowest BCUT2D eigenvalue weighted by Crippen LogP contribution is -2.19. The van der Waals surface area contributed by atoms with E-state index in [1.54, 1.807) is 12.1 Å². The Hall–Kier alpha value is -2.51. The highest BCUT2D eigenvalue weighted by Gasteiger charge is 2.59. The number of aromatic nitrogens is 2. The number of hydrogen-bond acceptors (Lipinski definition) is 3. The third-order valence-corrected chi connectivity index (χ3v) is 5.63. The summed E-state index contributed by atoms with van der Waals surface area (Å²) in [5, 5.41) is 5.93. The molecule has 27 heavy (non-hydrogen) atoms. The van der Waals surface area contributed by atoms with Gasteiger partial charge in [0.1, 0.15) is 0 Å². The summed E-state index contributed by atoms with van der Waals surface area (Å²) in [5.74, 6) is 0.465. The maximum atomic E-state index is 13.0. The van der Waals surface area contributed by atoms with Crippen molar-refractivity contribution in [2.24, 2.45) is 18.4 Å². The zero-order valence-corrected chi connectivity index (χ0v) is 15.0. The van der Waals surface area contributed by atoms with Gasteiger partial charge in [0.05, 0.1) is 6.20 Å². The highest BCUT2D eigenvalue weighted by molar-refractivity contribution is 5.87. The second kappa shape index (κ2) is 6.00. The van der Waals surface area contributed by atoms with Crippen LogP contribution >= 0.6 is 0 Å². The van der Waals surface area contributed by atoms with Gasteiger partial charge in [-0.1, -0.05) is 25.1 Å². The Bertz CT molecular complexity index is 889. The molecule has 5 nitrogen and oxygen atoms in total. The first-order valence-electron chi connectivity index (χ1n) is 8.87. The molecule has 1 aromatic heterocycles. The molecule has 0 saturated heterocycles. The summed E-state index contributed by atoms with van der Waals surface area (Å²) in [6, 6.07) is 7.39. The second-order valence-corrected chi connectivity index (χ2v) is 7.65. The van der Waals surface area contributed by atoms with Crippen LogP contribution in [0.5, 0.6) is 5.75 Å². The lowest BCUT2D eigenvalue weighted by molar-refractivity contribution is -0.142. The van der Waals surface area contributed by atoms with Crippen LogP contribution in [0.4, 0.5) is 23.7 Å². The number of rotatable bonds is 4. The lowest BCUT2D eigenvalue weighted by Gasteiger charge is -2.14. The Morgan fingerprint density at radius 3 is 2.70 bits per heavy atom. The van der Waals surface area contributed by atoms with Crippen LogP contribution in [0, 0.1) is 11.3 Å². The summed E-state index contributed by atoms with van der Waals surface area (Å²) in [7, 11) is 1.33. The van der Waals surface area contributed by atoms with Crippen molar-refractivity contribution in [3.63, 3.8) is 0 Å². The molecule has 1 aromatic carbocycles. The fraction of sp³-hybridized carbons (Fsp3) is 0.474. The van der Waals surface area contributed by atoms with Gasteiger partial charge in [-0.15, -0.1) is 0 Å². The van der Waals surface area contributed by atoms with Gasteiger partial charge in [-0.25, -0.2) is 4.79 Å². The summed E-state index contributed by atoms with van der Waals surface area (Å²) in [4.78, 5) is 12.2. The monoisotopic (exact) mass is 379 g/mol. The average Bonchev–Trinajstić information content (AvgIpc) is 3.47. The number of alkyl halides is 3. The molecule has 8 heteroatoms. The van der Waals surface area contributed by atoms with Crippen LogP contribution in [0.15, 0.2) is 30.5 Å². The van der Waals surface area contributed by atoms with E-state index in [4.69, 9.17) is 4.74 Å². The smallest absolute Gasteiger partial charge is 0.406 e. The van der Waals surface area contributed by atoms with Crippen molar-refractivity contribution in [1.29, 1.82) is 0 Å². The number of para-hydroxylation sites is 1. The molecule has 0 bridgehead atoms. The molecule has 144 valence electrons. The van der Waals surface area contributed by atoms with E-state index >= 15 is 0 Å². The number of ether oxygens (including phenoxy) is 1. The Balaban J connectivity index is 1.50. The van der Waals surface area contributed by atoms with E-state index in [0.29, 0.717) is 11.6 Å². The molecule has 2 saturated carbocycles. The molecule has 1 N–H and O–H groups in total. The minimum atomic E-state index is -4.70. The number of hydrogen-bond donors (Lipinski definition) is 1. The van der Waals surface area contributed by atoms with Crippen LogP contribution in [-0.2, 0) is 13.2 Å². The number of carbonyl (C=O) groups is 1. The molecule has 2 aliphatic carbocycles. The van der Waals surface area contributed by atoms with E-state index in [1.165, 1.54) is 19.9 Å². The Labute approximate surface area is 154 Å². The van der Waals surface area contributed by atoms with Gasteiger partial charge in [0.2, 0.25) is 5.69 Å². The van der Waals surface area contributed by atoms with Crippen molar-refractivity contribution in [2.75, 3.05) is 5.32 Å². The van der Waals surface area contributed by atoms with Crippen molar-refractivity contribution >= 4 is 11.8 Å². The van der Waals surface area contributed by atoms with Crippen molar-refractivity contribution in [2.45, 2.75) is 38.3 Å². The van der Waals surface area contributed by atoms with Crippen LogP contribution in [0.2, 0.25) is 0 Å². The summed E-state index contributed by atoms with van der Waals surface area (Å²) in [6.45, 7) is 2.26. The van der Waals surface area contributed by atoms with Gasteiger partial charge < -0.3 is 4.74 Å². The number of aryl methyl sites for hydroxylation is 1. The van der Waals surface area contributed by atoms with E-state index in [1.807, 2.05) is 12.1 Å². The number of amides is 1. The first-order chi connectivity index (χ1) is 12.7. The molecule has 0 radical (unpaired) electrons. The zero-order chi connectivity index (χ0) is 19.4. The van der Waals surface area contributed by atoms with E-state index < -0.39 is 23.7 Å². The molecule has 0 aliphatic heterocycles. The average molecular weight is 379 g/mol. The molecule has 0 spiro atoms. The van der Waals surface area contributed by atoms with Crippen molar-refractivity contribution in [3.8, 4) is 5.75 Å². The fourth-order valence-electron chi connectivity index (χ4n) is 3.93. The molecule has 2 fully saturated rings. The number of halogens is 3. The predicted octanol–water partition coefficient (Wildman–Crippen LogP) is 4.95. The molecular formula is C19H20F3N3O2. The molecule has 4 rings (SSSR count). The SMILES string of the molecule is Cn1cc(OC(=O)Nc2ccccc2C2CC2(C)C2CC2)c(C(F)(F)F)n1. The van der Waals surface area contributed by atoms with Gasteiger partial charge in [-0.05, 0) is 48.1 Å². The van der Waals surface area contributed by atoms with E-state index in [-0.39, 0.29) is 5.41 Å². The number of nitrogens with one attached hydrogen (secondary N) is 1. The van der Waals surface area contributed by atoms with Gasteiger partial charge in [-0.3, -0.25) is 10.00 Å². The standard InChI is InChI=1S/C19H20F3N3O2/c1-18(11-7-8-11)9-13(18)12-5-3-4-6-14(12)23-17(26)27-15-10-25(2)24-16(15)19(20,21)22/h3-6,10-11,13H,7-9H2,1-2H3,(H,23,26). The molecular weight excluding hydrogens is 359 g/mol. The molecule has 2 aromatic rings. The minimum absolute atomic E-state index is 0.258. The Kier molecular flexibility index (Phi) is 3.98. The number of carbonyl (C=O) groups excluding carboxylic acids is 1. The molecule has 2 unspecified atom stereocenters. The van der Waals surface area contributed by atoms with Crippen molar-refractivity contribution in [3.05, 3.63) is 41.7 Å². The third-order valence-electron chi connectivity index (χ3n) is 5.63. The fourth-order valence-corrected chi connectivity index (χ4v) is 3.93. The summed E-state index contributed by atoms with van der Waals surface area (Å²) >= 11 is 0. The minimum Gasteiger partial charge on any atom is -0.406 e. The number of benzene rings is 1. The Morgan fingerprint density at radius 1 is 1.33 bits per heavy atom. The summed E-state index contributed by atoms with van der Waals surface area (Å²) in [5.41, 5.74) is 0.617. The maximum absolute atomic E-state index is 13.0. The highest BCUT2D eigenvalue weighted by Crippen LogP contribution is 2.70. The van der Waals surface area contributed by atoms with E-state index in [0.717, 1.165) is 28.8 Å². The van der Waals surface area contributed by atoms with Gasteiger partial charge in [0, 0.05) is 12.7 Å². The highest BCUT2D eigenvalue weighted by atomic mass is 19.4. The number of anilines is 1. The Morgan fingerprint density at radius 2 is 2.04 bits per heavy atom. The van der Waals surface area contributed by atoms with E-state index in [9.17, 15) is 18.0 Å². The topological polar surface area (TPSA) is 56.1 Å². The zero-order valence-electron chi connectivity index (χ0n) is 15.0. The summed E-state index contributed by atoms with van der Waals surface area (Å²) in [6.07, 6.45) is -1.09. The largest absolute Gasteiger partial charge is 0.438 e. The van der Waals surface area contributed by atoms with Crippen LogP contribution < -0.4 is 10.1 Å². The quantitative estimate of drug-likeness (QED) is 0.817. The normalized spacial score (nSPS) is 24.6. The van der Waals surface area contributed by atoms with Crippen molar-refractivity contribution in [1.82, 2.24) is 9.78 Å². The van der Waals surface area contributed by atoms with Crippen LogP contribution in [0.3, 0.4) is 0 Å². The molecule has 1 amide bonds. The second-order valence-electron chi connectivity index (χ2n) is 7.65. The third kappa shape index (κ3) is 3.40. The molecule has 2 aliphatic rings. The predicted molar refractivity (Wildman–Crippen MR) is 92.5 cm³/mol. The van der Waals surface area contributed by atoms with Gasteiger partial charge in [-0.2, -0.15) is 18.3 Å². The maximum Gasteiger partial charge on any atom is 0.438 e. The summed E-state index contributed by atoms with van der Waals surface area (Å²) < 4.78 is 44.9. The first-order valence-corrected chi connectivity index (χ1v) is 8.87. The lowest BCUT2D eigenvalue weighted by atomic mass is 9.95. The van der Waals surface area contributed by atoms with Crippen LogP contribution in [0.25, 0.3) is 0 Å². The van der Waals surface area contributed by atoms with Gasteiger partial charge >= 0.3 is 12.3 Å². The molecule has 2 atom stereocenters.